The molecule has 1 aromatic rings. The summed E-state index contributed by atoms with van der Waals surface area (Å²) in [6, 6.07) is 5.46. The average Bonchev–Trinajstić information content (AvgIpc) is 2.58. The summed E-state index contributed by atoms with van der Waals surface area (Å²) < 4.78 is 10.9. The molecule has 0 atom stereocenters. The van der Waals surface area contributed by atoms with Crippen molar-refractivity contribution in [3.8, 4) is 11.5 Å². The van der Waals surface area contributed by atoms with E-state index >= 15 is 0 Å². The van der Waals surface area contributed by atoms with Gasteiger partial charge in [0.1, 0.15) is 11.5 Å². The lowest BCUT2D eigenvalue weighted by Crippen LogP contribution is -2.19. The van der Waals surface area contributed by atoms with Crippen LogP contribution in [0, 0.1) is 5.92 Å². The van der Waals surface area contributed by atoms with Gasteiger partial charge >= 0.3 is 0 Å². The van der Waals surface area contributed by atoms with Gasteiger partial charge in [-0.05, 0) is 30.9 Å². The van der Waals surface area contributed by atoms with Crippen molar-refractivity contribution in [2.45, 2.75) is 19.3 Å². The van der Waals surface area contributed by atoms with E-state index in [0.29, 0.717) is 11.3 Å². The number of ether oxygens (including phenoxy) is 2. The van der Waals surface area contributed by atoms with Crippen LogP contribution in [-0.2, 0) is 0 Å². The Kier molecular flexibility index (Phi) is 2.31. The van der Waals surface area contributed by atoms with Gasteiger partial charge in [0, 0.05) is 6.07 Å². The molecule has 1 saturated carbocycles. The Labute approximate surface area is 94.4 Å². The minimum absolute atomic E-state index is 0.0561. The quantitative estimate of drug-likeness (QED) is 0.781. The summed E-state index contributed by atoms with van der Waals surface area (Å²) in [7, 11) is 0. The van der Waals surface area contributed by atoms with Crippen LogP contribution in [0.3, 0.4) is 0 Å². The van der Waals surface area contributed by atoms with E-state index in [2.05, 4.69) is 0 Å². The monoisotopic (exact) mass is 218 g/mol. The van der Waals surface area contributed by atoms with Gasteiger partial charge in [0.15, 0.2) is 6.61 Å². The van der Waals surface area contributed by atoms with Crippen molar-refractivity contribution in [2.75, 3.05) is 13.2 Å². The molecule has 3 nitrogen and oxygen atoms in total. The molecule has 0 unspecified atom stereocenters. The zero-order chi connectivity index (χ0) is 11.0. The smallest absolute Gasteiger partial charge is 0.203 e. The topological polar surface area (TPSA) is 35.5 Å². The van der Waals surface area contributed by atoms with E-state index in [4.69, 9.17) is 9.47 Å². The first kappa shape index (κ1) is 9.70. The summed E-state index contributed by atoms with van der Waals surface area (Å²) in [6.45, 7) is 0.953. The largest absolute Gasteiger partial charge is 0.493 e. The number of rotatable bonds is 3. The number of fused-ring (bicyclic) bond motifs is 1. The first-order valence-corrected chi connectivity index (χ1v) is 5.76. The highest BCUT2D eigenvalue weighted by Gasteiger charge is 2.22. The van der Waals surface area contributed by atoms with Crippen molar-refractivity contribution in [2.24, 2.45) is 5.92 Å². The van der Waals surface area contributed by atoms with Gasteiger partial charge in [-0.1, -0.05) is 6.42 Å². The van der Waals surface area contributed by atoms with E-state index < -0.39 is 0 Å². The Morgan fingerprint density at radius 2 is 2.25 bits per heavy atom. The summed E-state index contributed by atoms with van der Waals surface area (Å²) in [4.78, 5) is 11.3. The molecule has 0 amide bonds. The van der Waals surface area contributed by atoms with Crippen LogP contribution in [0.15, 0.2) is 18.2 Å². The average molecular weight is 218 g/mol. The van der Waals surface area contributed by atoms with Gasteiger partial charge in [0.05, 0.1) is 12.2 Å². The maximum Gasteiger partial charge on any atom is 0.203 e. The Balaban J connectivity index is 1.69. The second kappa shape index (κ2) is 3.81. The number of carbonyl (C=O) groups is 1. The number of hydrogen-bond donors (Lipinski definition) is 0. The molecule has 84 valence electrons. The first-order valence-electron chi connectivity index (χ1n) is 5.76. The van der Waals surface area contributed by atoms with Crippen LogP contribution >= 0.6 is 0 Å². The lowest BCUT2D eigenvalue weighted by atomic mass is 9.86. The summed E-state index contributed by atoms with van der Waals surface area (Å²) in [6.07, 6.45) is 3.88. The van der Waals surface area contributed by atoms with Gasteiger partial charge in [-0.15, -0.1) is 0 Å². The van der Waals surface area contributed by atoms with E-state index in [0.717, 1.165) is 18.3 Å². The Hall–Kier alpha value is -1.51. The summed E-state index contributed by atoms with van der Waals surface area (Å²) in [5.41, 5.74) is 0.677. The van der Waals surface area contributed by atoms with Gasteiger partial charge in [-0.25, -0.2) is 0 Å². The molecular formula is C13H14O3. The maximum atomic E-state index is 11.3. The normalized spacial score (nSPS) is 18.9. The summed E-state index contributed by atoms with van der Waals surface area (Å²) in [5.74, 6) is 2.24. The Bertz CT molecular complexity index is 421. The molecule has 0 saturated heterocycles. The third kappa shape index (κ3) is 1.66. The second-order valence-electron chi connectivity index (χ2n) is 4.48. The minimum Gasteiger partial charge on any atom is -0.493 e. The lowest BCUT2D eigenvalue weighted by molar-refractivity contribution is 0.0961. The number of hydrogen-bond acceptors (Lipinski definition) is 3. The van der Waals surface area contributed by atoms with E-state index in [1.165, 1.54) is 19.3 Å². The third-order valence-corrected chi connectivity index (χ3v) is 3.32. The molecule has 16 heavy (non-hydrogen) atoms. The van der Waals surface area contributed by atoms with Crippen LogP contribution in [0.2, 0.25) is 0 Å². The van der Waals surface area contributed by atoms with Crippen LogP contribution in [-0.4, -0.2) is 19.0 Å². The molecule has 0 N–H and O–H groups in total. The van der Waals surface area contributed by atoms with E-state index in [9.17, 15) is 4.79 Å². The SMILES string of the molecule is O=C1COc2cc(OCC3CCC3)ccc21. The van der Waals surface area contributed by atoms with Gasteiger partial charge in [-0.2, -0.15) is 0 Å². The molecule has 1 aliphatic heterocycles. The van der Waals surface area contributed by atoms with Crippen LogP contribution in [0.1, 0.15) is 29.6 Å². The fourth-order valence-corrected chi connectivity index (χ4v) is 2.04. The molecule has 1 fully saturated rings. The number of Topliss-reactive ketones (excluding diaryl/α,β-unsaturated/α-hetero) is 1. The molecule has 0 spiro atoms. The number of ketones is 1. The van der Waals surface area contributed by atoms with E-state index in [-0.39, 0.29) is 12.4 Å². The lowest BCUT2D eigenvalue weighted by Gasteiger charge is -2.25. The zero-order valence-corrected chi connectivity index (χ0v) is 9.07. The molecule has 1 heterocycles. The maximum absolute atomic E-state index is 11.3. The third-order valence-electron chi connectivity index (χ3n) is 3.32. The fourth-order valence-electron chi connectivity index (χ4n) is 2.04. The predicted molar refractivity (Wildman–Crippen MR) is 59.1 cm³/mol. The van der Waals surface area contributed by atoms with Gasteiger partial charge < -0.3 is 9.47 Å². The van der Waals surface area contributed by atoms with Gasteiger partial charge in [0.25, 0.3) is 0 Å². The van der Waals surface area contributed by atoms with Crippen molar-refractivity contribution < 1.29 is 14.3 Å². The molecule has 3 heteroatoms. The Morgan fingerprint density at radius 1 is 1.38 bits per heavy atom. The van der Waals surface area contributed by atoms with Crippen LogP contribution < -0.4 is 9.47 Å². The molecular weight excluding hydrogens is 204 g/mol. The highest BCUT2D eigenvalue weighted by Crippen LogP contribution is 2.31. The molecule has 0 radical (unpaired) electrons. The molecule has 3 rings (SSSR count). The van der Waals surface area contributed by atoms with Crippen molar-refractivity contribution in [3.63, 3.8) is 0 Å². The molecule has 2 aliphatic rings. The van der Waals surface area contributed by atoms with E-state index in [1.807, 2.05) is 12.1 Å². The van der Waals surface area contributed by atoms with Gasteiger partial charge in [0.2, 0.25) is 5.78 Å². The van der Waals surface area contributed by atoms with Crippen molar-refractivity contribution in [3.05, 3.63) is 23.8 Å². The number of carbonyl (C=O) groups excluding carboxylic acids is 1. The van der Waals surface area contributed by atoms with Crippen molar-refractivity contribution >= 4 is 5.78 Å². The zero-order valence-electron chi connectivity index (χ0n) is 9.07. The number of benzene rings is 1. The molecule has 1 aliphatic carbocycles. The highest BCUT2D eigenvalue weighted by atomic mass is 16.5. The standard InChI is InChI=1S/C13H14O3/c14-12-8-16-13-6-10(4-5-11(12)13)15-7-9-2-1-3-9/h4-6,9H,1-3,7-8H2. The molecule has 0 bridgehead atoms. The van der Waals surface area contributed by atoms with E-state index in [1.54, 1.807) is 6.07 Å². The second-order valence-corrected chi connectivity index (χ2v) is 4.48. The Morgan fingerprint density at radius 3 is 3.00 bits per heavy atom. The van der Waals surface area contributed by atoms with Crippen molar-refractivity contribution in [1.82, 2.24) is 0 Å². The van der Waals surface area contributed by atoms with Crippen LogP contribution in [0.4, 0.5) is 0 Å². The first-order chi connectivity index (χ1) is 7.83. The fraction of sp³-hybridized carbons (Fsp3) is 0.462. The summed E-state index contributed by atoms with van der Waals surface area (Å²) >= 11 is 0. The van der Waals surface area contributed by atoms with Crippen LogP contribution in [0.5, 0.6) is 11.5 Å². The highest BCUT2D eigenvalue weighted by molar-refractivity contribution is 6.02. The summed E-state index contributed by atoms with van der Waals surface area (Å²) in [5, 5.41) is 0. The molecule has 1 aromatic carbocycles. The van der Waals surface area contributed by atoms with Crippen molar-refractivity contribution in [1.29, 1.82) is 0 Å². The molecule has 0 aromatic heterocycles. The van der Waals surface area contributed by atoms with Gasteiger partial charge in [-0.3, -0.25) is 4.79 Å². The minimum atomic E-state index is 0.0561. The van der Waals surface area contributed by atoms with Crippen LogP contribution in [0.25, 0.3) is 0 Å². The predicted octanol–water partition coefficient (Wildman–Crippen LogP) is 2.44.